The first-order valence-electron chi connectivity index (χ1n) is 8.66. The van der Waals surface area contributed by atoms with Gasteiger partial charge in [-0.1, -0.05) is 6.42 Å². The summed E-state index contributed by atoms with van der Waals surface area (Å²) in [6.45, 7) is 4.31. The number of nitrogens with one attached hydrogen (secondary N) is 1. The van der Waals surface area contributed by atoms with Gasteiger partial charge >= 0.3 is 0 Å². The second-order valence-corrected chi connectivity index (χ2v) is 6.79. The van der Waals surface area contributed by atoms with Gasteiger partial charge in [0.25, 0.3) is 0 Å². The number of hydrogen-bond acceptors (Lipinski definition) is 4. The molecule has 0 radical (unpaired) electrons. The number of carbonyl (C=O) groups is 1. The molecule has 4 rings (SSSR count). The van der Waals surface area contributed by atoms with Crippen molar-refractivity contribution in [1.29, 1.82) is 0 Å². The van der Waals surface area contributed by atoms with Crippen molar-refractivity contribution in [3.8, 4) is 11.5 Å². The van der Waals surface area contributed by atoms with Crippen LogP contribution < -0.4 is 14.8 Å². The molecule has 0 bridgehead atoms. The van der Waals surface area contributed by atoms with Crippen molar-refractivity contribution in [2.45, 2.75) is 51.1 Å². The van der Waals surface area contributed by atoms with Gasteiger partial charge in [-0.25, -0.2) is 0 Å². The lowest BCUT2D eigenvalue weighted by Crippen LogP contribution is -2.52. The quantitative estimate of drug-likeness (QED) is 0.905. The van der Waals surface area contributed by atoms with E-state index in [9.17, 15) is 4.79 Å². The first-order chi connectivity index (χ1) is 11.2. The van der Waals surface area contributed by atoms with Gasteiger partial charge < -0.3 is 19.7 Å². The molecule has 3 aliphatic rings. The van der Waals surface area contributed by atoms with Crippen molar-refractivity contribution in [2.24, 2.45) is 0 Å². The molecule has 0 aromatic heterocycles. The summed E-state index contributed by atoms with van der Waals surface area (Å²) >= 11 is 0. The normalized spacial score (nSPS) is 25.0. The number of piperidine rings is 1. The van der Waals surface area contributed by atoms with Crippen LogP contribution in [0.3, 0.4) is 0 Å². The zero-order valence-electron chi connectivity index (χ0n) is 13.6. The summed E-state index contributed by atoms with van der Waals surface area (Å²) < 4.78 is 10.9. The highest BCUT2D eigenvalue weighted by molar-refractivity contribution is 5.80. The molecule has 1 aromatic rings. The number of nitrogens with zero attached hydrogens (tertiary/aromatic N) is 1. The van der Waals surface area contributed by atoms with E-state index in [0.717, 1.165) is 43.0 Å². The Bertz CT molecular complexity index is 611. The maximum absolute atomic E-state index is 12.8. The van der Waals surface area contributed by atoms with Crippen LogP contribution in [-0.2, 0) is 17.6 Å². The standard InChI is InChI=1S/C18H24N2O3/c1-12(15-4-2-3-6-19-15)20-7-5-13-8-16-17(23-11-22-16)9-14(13)10-18(20)21/h8-9,12,15,19H,2-7,10-11H2,1H3. The zero-order valence-corrected chi connectivity index (χ0v) is 13.6. The number of carbonyl (C=O) groups excluding carboxylic acids is 1. The Kier molecular flexibility index (Phi) is 3.89. The molecule has 2 unspecified atom stereocenters. The topological polar surface area (TPSA) is 50.8 Å². The van der Waals surface area contributed by atoms with E-state index in [0.29, 0.717) is 12.5 Å². The minimum absolute atomic E-state index is 0.225. The van der Waals surface area contributed by atoms with E-state index in [1.807, 2.05) is 6.07 Å². The monoisotopic (exact) mass is 316 g/mol. The number of ether oxygens (including phenoxy) is 2. The highest BCUT2D eigenvalue weighted by Gasteiger charge is 2.31. The van der Waals surface area contributed by atoms with Gasteiger partial charge in [0, 0.05) is 18.6 Å². The SMILES string of the molecule is CC(C1CCCCN1)N1CCc2cc3c(cc2CC1=O)OCO3. The largest absolute Gasteiger partial charge is 0.454 e. The summed E-state index contributed by atoms with van der Waals surface area (Å²) in [6.07, 6.45) is 5.01. The van der Waals surface area contributed by atoms with Crippen molar-refractivity contribution in [1.82, 2.24) is 10.2 Å². The van der Waals surface area contributed by atoms with Crippen LogP contribution >= 0.6 is 0 Å². The lowest BCUT2D eigenvalue weighted by molar-refractivity contribution is -0.132. The van der Waals surface area contributed by atoms with Crippen molar-refractivity contribution in [3.05, 3.63) is 23.3 Å². The van der Waals surface area contributed by atoms with E-state index < -0.39 is 0 Å². The van der Waals surface area contributed by atoms with Gasteiger partial charge in [-0.15, -0.1) is 0 Å². The zero-order chi connectivity index (χ0) is 15.8. The molecule has 3 heterocycles. The first-order valence-corrected chi connectivity index (χ1v) is 8.66. The number of amides is 1. The smallest absolute Gasteiger partial charge is 0.231 e. The number of benzene rings is 1. The number of rotatable bonds is 2. The molecule has 5 heteroatoms. The van der Waals surface area contributed by atoms with E-state index in [1.165, 1.54) is 18.4 Å². The maximum Gasteiger partial charge on any atom is 0.231 e. The van der Waals surface area contributed by atoms with Gasteiger partial charge in [-0.3, -0.25) is 4.79 Å². The molecular formula is C18H24N2O3. The Morgan fingerprint density at radius 2 is 2.00 bits per heavy atom. The molecule has 124 valence electrons. The predicted octanol–water partition coefficient (Wildman–Crippen LogP) is 1.87. The fourth-order valence-electron chi connectivity index (χ4n) is 3.99. The molecule has 1 fully saturated rings. The third-order valence-electron chi connectivity index (χ3n) is 5.40. The Morgan fingerprint density at radius 1 is 1.22 bits per heavy atom. The highest BCUT2D eigenvalue weighted by atomic mass is 16.7. The third-order valence-corrected chi connectivity index (χ3v) is 5.40. The Labute approximate surface area is 136 Å². The molecule has 0 aliphatic carbocycles. The molecule has 0 spiro atoms. The van der Waals surface area contributed by atoms with Crippen molar-refractivity contribution >= 4 is 5.91 Å². The molecule has 2 atom stereocenters. The van der Waals surface area contributed by atoms with E-state index in [-0.39, 0.29) is 18.7 Å². The van der Waals surface area contributed by atoms with Crippen LogP contribution in [0.25, 0.3) is 0 Å². The van der Waals surface area contributed by atoms with Crippen LogP contribution in [0.5, 0.6) is 11.5 Å². The average Bonchev–Trinajstić information content (AvgIpc) is 2.96. The van der Waals surface area contributed by atoms with Crippen LogP contribution in [-0.4, -0.2) is 42.8 Å². The van der Waals surface area contributed by atoms with Gasteiger partial charge in [0.2, 0.25) is 12.7 Å². The Morgan fingerprint density at radius 3 is 2.74 bits per heavy atom. The minimum Gasteiger partial charge on any atom is -0.454 e. The van der Waals surface area contributed by atoms with Gasteiger partial charge in [0.05, 0.1) is 6.42 Å². The predicted molar refractivity (Wildman–Crippen MR) is 86.8 cm³/mol. The van der Waals surface area contributed by atoms with E-state index in [2.05, 4.69) is 23.2 Å². The average molecular weight is 316 g/mol. The molecule has 5 nitrogen and oxygen atoms in total. The fraction of sp³-hybridized carbons (Fsp3) is 0.611. The van der Waals surface area contributed by atoms with Gasteiger partial charge in [0.1, 0.15) is 0 Å². The van der Waals surface area contributed by atoms with E-state index in [4.69, 9.17) is 9.47 Å². The first kappa shape index (κ1) is 14.8. The second kappa shape index (κ2) is 6.04. The molecule has 1 amide bonds. The number of hydrogen-bond donors (Lipinski definition) is 1. The maximum atomic E-state index is 12.8. The lowest BCUT2D eigenvalue weighted by Gasteiger charge is -2.36. The molecule has 3 aliphatic heterocycles. The van der Waals surface area contributed by atoms with Crippen LogP contribution in [0.1, 0.15) is 37.3 Å². The summed E-state index contributed by atoms with van der Waals surface area (Å²) in [4.78, 5) is 14.9. The summed E-state index contributed by atoms with van der Waals surface area (Å²) in [6, 6.07) is 4.71. The molecule has 23 heavy (non-hydrogen) atoms. The number of fused-ring (bicyclic) bond motifs is 2. The summed E-state index contributed by atoms with van der Waals surface area (Å²) in [5.41, 5.74) is 2.31. The lowest BCUT2D eigenvalue weighted by atomic mass is 9.97. The summed E-state index contributed by atoms with van der Waals surface area (Å²) in [5.74, 6) is 1.81. The van der Waals surface area contributed by atoms with Gasteiger partial charge in [-0.05, 0) is 56.0 Å². The Hall–Kier alpha value is -1.75. The third kappa shape index (κ3) is 2.78. The molecule has 0 saturated carbocycles. The van der Waals surface area contributed by atoms with Gasteiger partial charge in [0.15, 0.2) is 11.5 Å². The minimum atomic E-state index is 0.225. The van der Waals surface area contributed by atoms with Crippen LogP contribution in [0, 0.1) is 0 Å². The van der Waals surface area contributed by atoms with Gasteiger partial charge in [-0.2, -0.15) is 0 Å². The van der Waals surface area contributed by atoms with Crippen LogP contribution in [0.2, 0.25) is 0 Å². The molecule has 1 N–H and O–H groups in total. The molecule has 1 aromatic carbocycles. The fourth-order valence-corrected chi connectivity index (χ4v) is 3.99. The van der Waals surface area contributed by atoms with Crippen LogP contribution in [0.15, 0.2) is 12.1 Å². The summed E-state index contributed by atoms with van der Waals surface area (Å²) in [5, 5.41) is 3.58. The van der Waals surface area contributed by atoms with E-state index in [1.54, 1.807) is 0 Å². The van der Waals surface area contributed by atoms with Crippen molar-refractivity contribution < 1.29 is 14.3 Å². The molecule has 1 saturated heterocycles. The van der Waals surface area contributed by atoms with Crippen molar-refractivity contribution in [2.75, 3.05) is 19.9 Å². The highest BCUT2D eigenvalue weighted by Crippen LogP contribution is 2.36. The second-order valence-electron chi connectivity index (χ2n) is 6.79. The van der Waals surface area contributed by atoms with Crippen LogP contribution in [0.4, 0.5) is 0 Å². The van der Waals surface area contributed by atoms with E-state index >= 15 is 0 Å². The molecular weight excluding hydrogens is 292 g/mol. The van der Waals surface area contributed by atoms with Crippen molar-refractivity contribution in [3.63, 3.8) is 0 Å². The Balaban J connectivity index is 1.53. The summed E-state index contributed by atoms with van der Waals surface area (Å²) in [7, 11) is 0.